The average molecular weight is 186 g/mol. The molecule has 1 heteroatoms. The lowest BCUT2D eigenvalue weighted by atomic mass is 9.58. The predicted molar refractivity (Wildman–Crippen MR) is 55.5 cm³/mol. The Labute approximate surface area is 84.1 Å². The summed E-state index contributed by atoms with van der Waals surface area (Å²) in [7, 11) is 0. The zero-order valence-electron chi connectivity index (χ0n) is 8.25. The SMILES string of the molecule is O=C1CCC2(CCC2)c2ccccc21. The summed E-state index contributed by atoms with van der Waals surface area (Å²) in [6.07, 6.45) is 5.76. The molecule has 0 amide bonds. The third kappa shape index (κ3) is 0.927. The van der Waals surface area contributed by atoms with Crippen LogP contribution in [0.3, 0.4) is 0 Å². The van der Waals surface area contributed by atoms with Gasteiger partial charge in [0, 0.05) is 12.0 Å². The molecule has 0 saturated heterocycles. The van der Waals surface area contributed by atoms with Gasteiger partial charge in [0.15, 0.2) is 5.78 Å². The average Bonchev–Trinajstić information content (AvgIpc) is 2.17. The Kier molecular flexibility index (Phi) is 1.58. The Bertz CT molecular complexity index is 388. The summed E-state index contributed by atoms with van der Waals surface area (Å²) in [5.74, 6) is 0.345. The van der Waals surface area contributed by atoms with Crippen LogP contribution in [0.15, 0.2) is 24.3 Å². The topological polar surface area (TPSA) is 17.1 Å². The molecule has 72 valence electrons. The number of Topliss-reactive ketones (excluding diaryl/α,β-unsaturated/α-hetero) is 1. The molecule has 0 unspecified atom stereocenters. The molecule has 0 heterocycles. The standard InChI is InChI=1S/C13H14O/c14-12-6-9-13(7-3-8-13)11-5-2-1-4-10(11)12/h1-2,4-5H,3,6-9H2. The van der Waals surface area contributed by atoms with E-state index in [0.29, 0.717) is 11.2 Å². The van der Waals surface area contributed by atoms with Gasteiger partial charge in [0.2, 0.25) is 0 Å². The van der Waals surface area contributed by atoms with Crippen LogP contribution in [0.1, 0.15) is 48.0 Å². The molecule has 3 rings (SSSR count). The number of benzene rings is 1. The quantitative estimate of drug-likeness (QED) is 0.608. The highest BCUT2D eigenvalue weighted by molar-refractivity contribution is 5.99. The van der Waals surface area contributed by atoms with Crippen LogP contribution in [-0.2, 0) is 5.41 Å². The minimum atomic E-state index is 0.345. The minimum Gasteiger partial charge on any atom is -0.294 e. The Morgan fingerprint density at radius 2 is 1.86 bits per heavy atom. The number of carbonyl (C=O) groups excluding carboxylic acids is 1. The minimum absolute atomic E-state index is 0.345. The summed E-state index contributed by atoms with van der Waals surface area (Å²) in [5, 5.41) is 0. The number of ketones is 1. The molecule has 2 aliphatic rings. The van der Waals surface area contributed by atoms with Crippen LogP contribution in [0.4, 0.5) is 0 Å². The Hall–Kier alpha value is -1.11. The first-order valence-corrected chi connectivity index (χ1v) is 5.45. The van der Waals surface area contributed by atoms with E-state index >= 15 is 0 Å². The van der Waals surface area contributed by atoms with Crippen molar-refractivity contribution in [1.29, 1.82) is 0 Å². The van der Waals surface area contributed by atoms with Gasteiger partial charge in [0.25, 0.3) is 0 Å². The molecule has 1 fully saturated rings. The maximum Gasteiger partial charge on any atom is 0.163 e. The van der Waals surface area contributed by atoms with Crippen molar-refractivity contribution < 1.29 is 4.79 Å². The highest BCUT2D eigenvalue weighted by Gasteiger charge is 2.43. The number of rotatable bonds is 0. The maximum absolute atomic E-state index is 11.7. The zero-order valence-corrected chi connectivity index (χ0v) is 8.25. The van der Waals surface area contributed by atoms with Crippen molar-refractivity contribution in [2.75, 3.05) is 0 Å². The van der Waals surface area contributed by atoms with Gasteiger partial charge in [-0.2, -0.15) is 0 Å². The van der Waals surface area contributed by atoms with Gasteiger partial charge in [-0.3, -0.25) is 4.79 Å². The van der Waals surface area contributed by atoms with Crippen LogP contribution in [0.25, 0.3) is 0 Å². The molecule has 0 radical (unpaired) electrons. The van der Waals surface area contributed by atoms with E-state index in [2.05, 4.69) is 12.1 Å². The van der Waals surface area contributed by atoms with Crippen LogP contribution in [0, 0.1) is 0 Å². The van der Waals surface area contributed by atoms with Crippen molar-refractivity contribution in [2.45, 2.75) is 37.5 Å². The predicted octanol–water partition coefficient (Wildman–Crippen LogP) is 3.08. The first kappa shape index (κ1) is 8.22. The first-order valence-electron chi connectivity index (χ1n) is 5.45. The van der Waals surface area contributed by atoms with E-state index in [1.807, 2.05) is 12.1 Å². The normalized spacial score (nSPS) is 23.0. The van der Waals surface area contributed by atoms with Gasteiger partial charge in [-0.1, -0.05) is 30.7 Å². The number of hydrogen-bond acceptors (Lipinski definition) is 1. The molecule has 0 bridgehead atoms. The molecular weight excluding hydrogens is 172 g/mol. The molecule has 0 atom stereocenters. The molecule has 0 aliphatic heterocycles. The van der Waals surface area contributed by atoms with E-state index in [4.69, 9.17) is 0 Å². The monoisotopic (exact) mass is 186 g/mol. The molecule has 14 heavy (non-hydrogen) atoms. The van der Waals surface area contributed by atoms with Gasteiger partial charge in [0.1, 0.15) is 0 Å². The highest BCUT2D eigenvalue weighted by Crippen LogP contribution is 2.50. The summed E-state index contributed by atoms with van der Waals surface area (Å²) < 4.78 is 0. The first-order chi connectivity index (χ1) is 6.82. The summed E-state index contributed by atoms with van der Waals surface area (Å²) in [6.45, 7) is 0. The van der Waals surface area contributed by atoms with Crippen LogP contribution >= 0.6 is 0 Å². The Morgan fingerprint density at radius 1 is 1.07 bits per heavy atom. The molecule has 0 N–H and O–H groups in total. The summed E-state index contributed by atoms with van der Waals surface area (Å²) in [4.78, 5) is 11.7. The van der Waals surface area contributed by atoms with E-state index in [1.54, 1.807) is 0 Å². The van der Waals surface area contributed by atoms with Crippen molar-refractivity contribution in [3.05, 3.63) is 35.4 Å². The highest BCUT2D eigenvalue weighted by atomic mass is 16.1. The van der Waals surface area contributed by atoms with Crippen LogP contribution in [0.2, 0.25) is 0 Å². The summed E-state index contributed by atoms with van der Waals surface area (Å²) in [5.41, 5.74) is 2.73. The smallest absolute Gasteiger partial charge is 0.163 e. The van der Waals surface area contributed by atoms with Crippen LogP contribution in [0.5, 0.6) is 0 Å². The third-order valence-corrected chi connectivity index (χ3v) is 3.94. The fourth-order valence-electron chi connectivity index (χ4n) is 2.93. The fourth-order valence-corrected chi connectivity index (χ4v) is 2.93. The van der Waals surface area contributed by atoms with Gasteiger partial charge in [-0.05, 0) is 30.2 Å². The van der Waals surface area contributed by atoms with Crippen molar-refractivity contribution in [3.8, 4) is 0 Å². The fraction of sp³-hybridized carbons (Fsp3) is 0.462. The van der Waals surface area contributed by atoms with Crippen molar-refractivity contribution in [3.63, 3.8) is 0 Å². The third-order valence-electron chi connectivity index (χ3n) is 3.94. The molecule has 0 aromatic heterocycles. The summed E-state index contributed by atoms with van der Waals surface area (Å²) >= 11 is 0. The van der Waals surface area contributed by atoms with Gasteiger partial charge in [-0.25, -0.2) is 0 Å². The molecular formula is C13H14O. The van der Waals surface area contributed by atoms with E-state index < -0.39 is 0 Å². The molecule has 2 aliphatic carbocycles. The maximum atomic E-state index is 11.7. The van der Waals surface area contributed by atoms with Crippen molar-refractivity contribution >= 4 is 5.78 Å². The second-order valence-corrected chi connectivity index (χ2v) is 4.60. The molecule has 1 aromatic carbocycles. The van der Waals surface area contributed by atoms with Crippen molar-refractivity contribution in [2.24, 2.45) is 0 Å². The second kappa shape index (κ2) is 2.69. The van der Waals surface area contributed by atoms with Crippen LogP contribution in [-0.4, -0.2) is 5.78 Å². The largest absolute Gasteiger partial charge is 0.294 e. The zero-order chi connectivity index (χ0) is 9.60. The Morgan fingerprint density at radius 3 is 2.57 bits per heavy atom. The molecule has 1 saturated carbocycles. The van der Waals surface area contributed by atoms with Gasteiger partial charge < -0.3 is 0 Å². The molecule has 1 spiro atoms. The number of fused-ring (bicyclic) bond motifs is 2. The second-order valence-electron chi connectivity index (χ2n) is 4.60. The van der Waals surface area contributed by atoms with E-state index in [1.165, 1.54) is 24.8 Å². The van der Waals surface area contributed by atoms with E-state index in [9.17, 15) is 4.79 Å². The van der Waals surface area contributed by atoms with Crippen LogP contribution < -0.4 is 0 Å². The van der Waals surface area contributed by atoms with E-state index in [-0.39, 0.29) is 0 Å². The lowest BCUT2D eigenvalue weighted by Gasteiger charge is -2.45. The summed E-state index contributed by atoms with van der Waals surface area (Å²) in [6, 6.07) is 8.20. The van der Waals surface area contributed by atoms with Gasteiger partial charge >= 0.3 is 0 Å². The lowest BCUT2D eigenvalue weighted by Crippen LogP contribution is -2.39. The number of hydrogen-bond donors (Lipinski definition) is 0. The number of carbonyl (C=O) groups is 1. The molecule has 1 nitrogen and oxygen atoms in total. The molecule has 1 aromatic rings. The van der Waals surface area contributed by atoms with Gasteiger partial charge in [0.05, 0.1) is 0 Å². The van der Waals surface area contributed by atoms with E-state index in [0.717, 1.165) is 18.4 Å². The van der Waals surface area contributed by atoms with Gasteiger partial charge in [-0.15, -0.1) is 0 Å². The van der Waals surface area contributed by atoms with Crippen molar-refractivity contribution in [1.82, 2.24) is 0 Å². The lowest BCUT2D eigenvalue weighted by molar-refractivity contribution is 0.0920. The Balaban J connectivity index is 2.17.